The zero-order valence-electron chi connectivity index (χ0n) is 16.7. The summed E-state index contributed by atoms with van der Waals surface area (Å²) in [5.41, 5.74) is 0.861. The topological polar surface area (TPSA) is 97.6 Å². The minimum absolute atomic E-state index is 0.0796. The molecular weight excluding hydrogens is 404 g/mol. The van der Waals surface area contributed by atoms with Crippen LogP contribution in [0.25, 0.3) is 11.4 Å². The van der Waals surface area contributed by atoms with Gasteiger partial charge in [-0.3, -0.25) is 4.90 Å². The summed E-state index contributed by atoms with van der Waals surface area (Å²) in [6, 6.07) is 15.9. The van der Waals surface area contributed by atoms with Crippen LogP contribution in [-0.4, -0.2) is 49.7 Å². The normalized spacial score (nSPS) is 15.9. The smallest absolute Gasteiger partial charge is 0.241 e. The van der Waals surface area contributed by atoms with E-state index in [1.807, 2.05) is 24.3 Å². The van der Waals surface area contributed by atoms with Gasteiger partial charge in [-0.15, -0.1) is 0 Å². The number of rotatable bonds is 7. The Kier molecular flexibility index (Phi) is 6.12. The average Bonchev–Trinajstić information content (AvgIpc) is 3.24. The molecule has 0 aliphatic carbocycles. The molecule has 1 saturated heterocycles. The van der Waals surface area contributed by atoms with Crippen LogP contribution in [0.2, 0.25) is 0 Å². The van der Waals surface area contributed by atoms with Crippen LogP contribution in [0.4, 0.5) is 0 Å². The van der Waals surface area contributed by atoms with Gasteiger partial charge in [0.1, 0.15) is 5.75 Å². The van der Waals surface area contributed by atoms with Crippen molar-refractivity contribution >= 4 is 10.0 Å². The van der Waals surface area contributed by atoms with Gasteiger partial charge in [0.25, 0.3) is 0 Å². The van der Waals surface area contributed by atoms with Crippen LogP contribution in [0.1, 0.15) is 18.7 Å². The average molecular weight is 429 g/mol. The Labute approximate surface area is 175 Å². The lowest BCUT2D eigenvalue weighted by Gasteiger charge is -2.31. The van der Waals surface area contributed by atoms with Crippen LogP contribution in [0, 0.1) is 0 Å². The Morgan fingerprint density at radius 2 is 1.80 bits per heavy atom. The van der Waals surface area contributed by atoms with Crippen LogP contribution in [0.3, 0.4) is 0 Å². The molecule has 1 aliphatic heterocycles. The Morgan fingerprint density at radius 3 is 2.47 bits per heavy atom. The first kappa shape index (κ1) is 20.5. The fourth-order valence-electron chi connectivity index (χ4n) is 3.46. The van der Waals surface area contributed by atoms with Gasteiger partial charge in [-0.2, -0.15) is 4.98 Å². The molecule has 0 spiro atoms. The van der Waals surface area contributed by atoms with E-state index in [1.165, 1.54) is 0 Å². The third-order valence-electron chi connectivity index (χ3n) is 5.14. The molecule has 2 aromatic carbocycles. The van der Waals surface area contributed by atoms with Crippen molar-refractivity contribution in [3.8, 4) is 17.1 Å². The maximum Gasteiger partial charge on any atom is 0.241 e. The summed E-state index contributed by atoms with van der Waals surface area (Å²) in [5.74, 6) is 1.86. The molecule has 0 bridgehead atoms. The SMILES string of the molecule is COc1ccc(-c2noc(CN3CCC(NS(=O)(=O)c4ccccc4)CC3)n2)cc1. The van der Waals surface area contributed by atoms with E-state index in [2.05, 4.69) is 19.8 Å². The first-order valence-corrected chi connectivity index (χ1v) is 11.3. The molecule has 0 amide bonds. The van der Waals surface area contributed by atoms with Gasteiger partial charge in [0.05, 0.1) is 18.6 Å². The molecule has 30 heavy (non-hydrogen) atoms. The molecule has 8 nitrogen and oxygen atoms in total. The van der Waals surface area contributed by atoms with Crippen molar-refractivity contribution in [1.29, 1.82) is 0 Å². The van der Waals surface area contributed by atoms with E-state index in [9.17, 15) is 8.42 Å². The molecular formula is C21H24N4O4S. The maximum atomic E-state index is 12.5. The summed E-state index contributed by atoms with van der Waals surface area (Å²) < 4.78 is 38.3. The Bertz CT molecular complexity index is 1060. The molecule has 1 aliphatic rings. The summed E-state index contributed by atoms with van der Waals surface area (Å²) >= 11 is 0. The number of hydrogen-bond acceptors (Lipinski definition) is 7. The molecule has 0 atom stereocenters. The molecule has 1 aromatic heterocycles. The van der Waals surface area contributed by atoms with E-state index in [4.69, 9.17) is 9.26 Å². The molecule has 1 N–H and O–H groups in total. The van der Waals surface area contributed by atoms with Gasteiger partial charge in [-0.25, -0.2) is 13.1 Å². The fraction of sp³-hybridized carbons (Fsp3) is 0.333. The molecule has 1 fully saturated rings. The number of nitrogens with one attached hydrogen (secondary N) is 1. The van der Waals surface area contributed by atoms with Gasteiger partial charge >= 0.3 is 0 Å². The highest BCUT2D eigenvalue weighted by Gasteiger charge is 2.25. The Morgan fingerprint density at radius 1 is 1.10 bits per heavy atom. The quantitative estimate of drug-likeness (QED) is 0.618. The summed E-state index contributed by atoms with van der Waals surface area (Å²) in [7, 11) is -1.86. The monoisotopic (exact) mass is 428 g/mol. The van der Waals surface area contributed by atoms with Gasteiger partial charge in [-0.1, -0.05) is 23.4 Å². The predicted octanol–water partition coefficient (Wildman–Crippen LogP) is 2.69. The summed E-state index contributed by atoms with van der Waals surface area (Å²) in [6.07, 6.45) is 1.46. The van der Waals surface area contributed by atoms with Crippen molar-refractivity contribution in [2.24, 2.45) is 0 Å². The number of sulfonamides is 1. The third-order valence-corrected chi connectivity index (χ3v) is 6.67. The molecule has 0 saturated carbocycles. The van der Waals surface area contributed by atoms with E-state index in [1.54, 1.807) is 37.4 Å². The number of hydrogen-bond donors (Lipinski definition) is 1. The van der Waals surface area contributed by atoms with E-state index in [0.29, 0.717) is 23.2 Å². The molecule has 158 valence electrons. The minimum Gasteiger partial charge on any atom is -0.497 e. The van der Waals surface area contributed by atoms with E-state index in [-0.39, 0.29) is 6.04 Å². The lowest BCUT2D eigenvalue weighted by Crippen LogP contribution is -2.44. The van der Waals surface area contributed by atoms with Crippen LogP contribution in [0.5, 0.6) is 5.75 Å². The third kappa shape index (κ3) is 4.86. The van der Waals surface area contributed by atoms with Crippen molar-refractivity contribution in [2.75, 3.05) is 20.2 Å². The highest BCUT2D eigenvalue weighted by atomic mass is 32.2. The number of likely N-dealkylation sites (tertiary alicyclic amines) is 1. The van der Waals surface area contributed by atoms with E-state index in [0.717, 1.165) is 37.2 Å². The van der Waals surface area contributed by atoms with Crippen LogP contribution >= 0.6 is 0 Å². The van der Waals surface area contributed by atoms with Crippen molar-refractivity contribution in [3.05, 3.63) is 60.5 Å². The minimum atomic E-state index is -3.49. The second-order valence-corrected chi connectivity index (χ2v) is 8.94. The zero-order chi connectivity index (χ0) is 21.0. The molecule has 9 heteroatoms. The van der Waals surface area contributed by atoms with Crippen LogP contribution < -0.4 is 9.46 Å². The Balaban J connectivity index is 1.30. The van der Waals surface area contributed by atoms with Gasteiger partial charge in [-0.05, 0) is 49.2 Å². The molecule has 0 radical (unpaired) electrons. The highest BCUT2D eigenvalue weighted by Crippen LogP contribution is 2.21. The number of nitrogens with zero attached hydrogens (tertiary/aromatic N) is 3. The number of benzene rings is 2. The zero-order valence-corrected chi connectivity index (χ0v) is 17.5. The molecule has 4 rings (SSSR count). The van der Waals surface area contributed by atoms with Crippen molar-refractivity contribution < 1.29 is 17.7 Å². The van der Waals surface area contributed by atoms with Gasteiger partial charge < -0.3 is 9.26 Å². The highest BCUT2D eigenvalue weighted by molar-refractivity contribution is 7.89. The number of aromatic nitrogens is 2. The van der Waals surface area contributed by atoms with E-state index < -0.39 is 10.0 Å². The van der Waals surface area contributed by atoms with Gasteiger partial charge in [0.2, 0.25) is 21.7 Å². The second kappa shape index (κ2) is 8.95. The number of ether oxygens (including phenoxy) is 1. The standard InChI is InChI=1S/C21H24N4O4S/c1-28-18-9-7-16(8-10-18)21-22-20(29-23-21)15-25-13-11-17(12-14-25)24-30(26,27)19-5-3-2-4-6-19/h2-10,17,24H,11-15H2,1H3. The summed E-state index contributed by atoms with van der Waals surface area (Å²) in [4.78, 5) is 6.97. The molecule has 3 aromatic rings. The largest absolute Gasteiger partial charge is 0.497 e. The predicted molar refractivity (Wildman–Crippen MR) is 111 cm³/mol. The number of methoxy groups -OCH3 is 1. The van der Waals surface area contributed by atoms with Crippen molar-refractivity contribution in [1.82, 2.24) is 19.8 Å². The maximum absolute atomic E-state index is 12.5. The van der Waals surface area contributed by atoms with Crippen LogP contribution in [0.15, 0.2) is 64.0 Å². The fourth-order valence-corrected chi connectivity index (χ4v) is 4.79. The van der Waals surface area contributed by atoms with Gasteiger partial charge in [0.15, 0.2) is 0 Å². The Hall–Kier alpha value is -2.75. The van der Waals surface area contributed by atoms with Crippen LogP contribution in [-0.2, 0) is 16.6 Å². The second-order valence-electron chi connectivity index (χ2n) is 7.22. The molecule has 2 heterocycles. The number of piperidine rings is 1. The molecule has 0 unspecified atom stereocenters. The van der Waals surface area contributed by atoms with Crippen molar-refractivity contribution in [2.45, 2.75) is 30.3 Å². The first-order chi connectivity index (χ1) is 14.5. The lowest BCUT2D eigenvalue weighted by molar-refractivity contribution is 0.177. The van der Waals surface area contributed by atoms with Crippen molar-refractivity contribution in [3.63, 3.8) is 0 Å². The summed E-state index contributed by atoms with van der Waals surface area (Å²) in [5, 5.41) is 4.06. The lowest BCUT2D eigenvalue weighted by atomic mass is 10.1. The first-order valence-electron chi connectivity index (χ1n) is 9.80. The van der Waals surface area contributed by atoms with Gasteiger partial charge in [0, 0.05) is 24.7 Å². The summed E-state index contributed by atoms with van der Waals surface area (Å²) in [6.45, 7) is 2.05. The van der Waals surface area contributed by atoms with E-state index >= 15 is 0 Å².